The van der Waals surface area contributed by atoms with Crippen LogP contribution in [-0.2, 0) is 24.2 Å². The molecule has 0 aliphatic heterocycles. The van der Waals surface area contributed by atoms with Crippen LogP contribution < -0.4 is 0 Å². The molecular formula is C41H25F32N3O3. The maximum atomic E-state index is 15.2. The van der Waals surface area contributed by atoms with Crippen LogP contribution >= 0.6 is 0 Å². The lowest BCUT2D eigenvalue weighted by atomic mass is 9.88. The summed E-state index contributed by atoms with van der Waals surface area (Å²) in [6.07, 6.45) is -27.5. The Hall–Kier alpha value is -6.17. The van der Waals surface area contributed by atoms with Crippen molar-refractivity contribution in [3.63, 3.8) is 0 Å². The lowest BCUT2D eigenvalue weighted by Gasteiger charge is -2.40. The Morgan fingerprint density at radius 1 is 0.367 bits per heavy atom. The highest BCUT2D eigenvalue weighted by molar-refractivity contribution is 5.87. The van der Waals surface area contributed by atoms with Gasteiger partial charge in [0.05, 0.1) is 35.3 Å². The van der Waals surface area contributed by atoms with Crippen LogP contribution in [0.5, 0.6) is 17.2 Å². The van der Waals surface area contributed by atoms with Crippen molar-refractivity contribution in [1.82, 2.24) is 0 Å². The first kappa shape index (κ1) is 67.1. The van der Waals surface area contributed by atoms with Crippen molar-refractivity contribution in [2.75, 3.05) is 13.1 Å². The lowest BCUT2D eigenvalue weighted by Crippen LogP contribution is -2.69. The molecule has 3 aromatic carbocycles. The predicted molar refractivity (Wildman–Crippen MR) is 204 cm³/mol. The molecule has 3 aromatic rings. The topological polar surface area (TPSA) is 97.8 Å². The number of nitrogens with zero attached hydrogens (tertiary/aromatic N) is 3. The third-order valence-corrected chi connectivity index (χ3v) is 10.8. The van der Waals surface area contributed by atoms with E-state index in [2.05, 4.69) is 15.0 Å². The van der Waals surface area contributed by atoms with Crippen LogP contribution in [0, 0.1) is 13.8 Å². The van der Waals surface area contributed by atoms with Crippen LogP contribution in [0.25, 0.3) is 0 Å². The highest BCUT2D eigenvalue weighted by Gasteiger charge is 2.92. The number of rotatable bonds is 18. The van der Waals surface area contributed by atoms with Gasteiger partial charge in [-0.1, -0.05) is 0 Å². The summed E-state index contributed by atoms with van der Waals surface area (Å²) in [7, 11) is 0. The molecular weight excluding hydrogens is 1190 g/mol. The van der Waals surface area contributed by atoms with E-state index in [-0.39, 0.29) is 24.2 Å². The third-order valence-electron chi connectivity index (χ3n) is 10.8. The zero-order valence-electron chi connectivity index (χ0n) is 37.9. The number of alkyl halides is 32. The van der Waals surface area contributed by atoms with Gasteiger partial charge in [0.15, 0.2) is 0 Å². The molecule has 3 N–H and O–H groups in total. The minimum Gasteiger partial charge on any atom is -0.507 e. The fraction of sp³-hybridized carbons (Fsp3) is 0.488. The quantitative estimate of drug-likeness (QED) is 0.0874. The van der Waals surface area contributed by atoms with E-state index < -0.39 is 189 Å². The second-order valence-corrected chi connectivity index (χ2v) is 16.9. The molecule has 79 heavy (non-hydrogen) atoms. The Labute approximate surface area is 416 Å². The summed E-state index contributed by atoms with van der Waals surface area (Å²) < 4.78 is 445. The van der Waals surface area contributed by atoms with E-state index in [1.165, 1.54) is 0 Å². The van der Waals surface area contributed by atoms with Crippen molar-refractivity contribution >= 4 is 18.6 Å². The SMILES string of the molecule is Cc1cc(C=N[C@](C)(CN=Cc2cc(C(F)(F)C(F)(F)C(F)(F)C(F)(F)C(F)(F)C(F)(F)F)cc(C)c2O)CN=Cc2cc(C(F)(F)F)cc(C(F)(F)C(F)(F)C(F)(F)C(F)(F)C(F)(F)C(F)(F)F)c2O)c(O)c(C(F)(F)F)c1. The minimum atomic E-state index is -8.63. The van der Waals surface area contributed by atoms with E-state index in [0.717, 1.165) is 6.92 Å². The molecule has 446 valence electrons. The van der Waals surface area contributed by atoms with E-state index in [1.807, 2.05) is 0 Å². The fourth-order valence-corrected chi connectivity index (χ4v) is 6.29. The standard InChI is InChI=1S/C41H25F32N3O3/c1-15-4-17(26(79)23(5-15)31(49,50)51)12-76-27(3,13-74-10-18-7-20(6-16(2)24(18)77)28(42,43)32(52,53)34(56,57)36(60,61)38(64,65)40(68,69)70)14-75-11-19-8-21(30(46,47)48)9-22(25(19)78)29(44,45)33(54,55)35(58,59)37(62,63)39(66,67)41(71,72)73/h4-12,77-79H,13-14H2,1-3H3/t27-/m1/s1. The fourth-order valence-electron chi connectivity index (χ4n) is 6.29. The second kappa shape index (κ2) is 20.1. The van der Waals surface area contributed by atoms with Gasteiger partial charge < -0.3 is 15.3 Å². The maximum absolute atomic E-state index is 15.2. The molecule has 0 heterocycles. The van der Waals surface area contributed by atoms with Gasteiger partial charge in [0.1, 0.15) is 17.2 Å². The molecule has 0 unspecified atom stereocenters. The van der Waals surface area contributed by atoms with Gasteiger partial charge in [-0.25, -0.2) is 0 Å². The number of halogens is 32. The van der Waals surface area contributed by atoms with Crippen molar-refractivity contribution < 1.29 is 156 Å². The van der Waals surface area contributed by atoms with E-state index in [1.54, 1.807) is 0 Å². The van der Waals surface area contributed by atoms with Gasteiger partial charge in [0, 0.05) is 40.9 Å². The molecule has 0 saturated heterocycles. The first-order valence-electron chi connectivity index (χ1n) is 19.9. The normalized spacial score (nSPS) is 16.0. The molecule has 0 fully saturated rings. The van der Waals surface area contributed by atoms with Gasteiger partial charge >= 0.3 is 83.9 Å². The zero-order valence-corrected chi connectivity index (χ0v) is 37.9. The smallest absolute Gasteiger partial charge is 0.460 e. The summed E-state index contributed by atoms with van der Waals surface area (Å²) in [4.78, 5) is 10.3. The maximum Gasteiger partial charge on any atom is 0.460 e. The number of hydrogen-bond acceptors (Lipinski definition) is 6. The molecule has 0 amide bonds. The zero-order chi connectivity index (χ0) is 62.3. The molecule has 38 heteroatoms. The molecule has 0 radical (unpaired) electrons. The summed E-state index contributed by atoms with van der Waals surface area (Å²) in [5.41, 5.74) is -19.6. The van der Waals surface area contributed by atoms with Crippen molar-refractivity contribution in [3.8, 4) is 17.2 Å². The Kier molecular flexibility index (Phi) is 17.1. The minimum absolute atomic E-state index is 0.0367. The van der Waals surface area contributed by atoms with Crippen molar-refractivity contribution in [2.24, 2.45) is 15.0 Å². The number of hydrogen-bond donors (Lipinski definition) is 3. The molecule has 0 aromatic heterocycles. The van der Waals surface area contributed by atoms with E-state index >= 15 is 17.6 Å². The van der Waals surface area contributed by atoms with E-state index in [9.17, 15) is 138 Å². The first-order chi connectivity index (χ1) is 34.7. The summed E-state index contributed by atoms with van der Waals surface area (Å²) >= 11 is 0. The van der Waals surface area contributed by atoms with Crippen LogP contribution in [-0.4, -0.2) is 112 Å². The van der Waals surface area contributed by atoms with Crippen molar-refractivity contribution in [1.29, 1.82) is 0 Å². The van der Waals surface area contributed by atoms with E-state index in [0.29, 0.717) is 26.0 Å². The Morgan fingerprint density at radius 3 is 1.11 bits per heavy atom. The second-order valence-electron chi connectivity index (χ2n) is 16.9. The summed E-state index contributed by atoms with van der Waals surface area (Å²) in [5, 5.41) is 31.1. The molecule has 3 rings (SSSR count). The number of aryl methyl sites for hydroxylation is 2. The van der Waals surface area contributed by atoms with Gasteiger partial charge in [0.25, 0.3) is 0 Å². The molecule has 0 spiro atoms. The first-order valence-corrected chi connectivity index (χ1v) is 19.9. The van der Waals surface area contributed by atoms with Crippen molar-refractivity contribution in [3.05, 3.63) is 86.5 Å². The number of phenolic OH excluding ortho intramolecular Hbond substituents is 3. The third kappa shape index (κ3) is 11.3. The molecule has 0 saturated carbocycles. The molecule has 0 aliphatic rings. The number of aliphatic imine (C=N–C) groups is 3. The summed E-state index contributed by atoms with van der Waals surface area (Å²) in [6.45, 7) is -0.987. The van der Waals surface area contributed by atoms with Crippen LogP contribution in [0.4, 0.5) is 140 Å². The van der Waals surface area contributed by atoms with Gasteiger partial charge in [-0.05, 0) is 68.3 Å². The van der Waals surface area contributed by atoms with Gasteiger partial charge in [-0.15, -0.1) is 0 Å². The van der Waals surface area contributed by atoms with Crippen LogP contribution in [0.2, 0.25) is 0 Å². The molecule has 0 bridgehead atoms. The van der Waals surface area contributed by atoms with Crippen molar-refractivity contribution in [2.45, 2.75) is 110 Å². The highest BCUT2D eigenvalue weighted by Crippen LogP contribution is 2.65. The highest BCUT2D eigenvalue weighted by atomic mass is 19.4. The van der Waals surface area contributed by atoms with Gasteiger partial charge in [-0.3, -0.25) is 15.0 Å². The molecule has 0 aliphatic carbocycles. The average Bonchev–Trinajstić information content (AvgIpc) is 3.26. The Morgan fingerprint density at radius 2 is 0.722 bits per heavy atom. The molecule has 1 atom stereocenters. The summed E-state index contributed by atoms with van der Waals surface area (Å²) in [5.74, 6) is -87.2. The van der Waals surface area contributed by atoms with E-state index in [4.69, 9.17) is 0 Å². The van der Waals surface area contributed by atoms with Gasteiger partial charge in [-0.2, -0.15) is 140 Å². The monoisotopic (exact) mass is 1220 g/mol. The number of aromatic hydroxyl groups is 3. The lowest BCUT2D eigenvalue weighted by molar-refractivity contribution is -0.441. The number of phenols is 3. The number of benzene rings is 3. The largest absolute Gasteiger partial charge is 0.507 e. The van der Waals surface area contributed by atoms with Crippen LogP contribution in [0.3, 0.4) is 0 Å². The Balaban J connectivity index is 2.32. The van der Waals surface area contributed by atoms with Gasteiger partial charge in [0.2, 0.25) is 0 Å². The Bertz CT molecular complexity index is 2840. The average molecular weight is 1220 g/mol. The predicted octanol–water partition coefficient (Wildman–Crippen LogP) is 15.3. The van der Waals surface area contributed by atoms with Crippen LogP contribution in [0.15, 0.2) is 51.4 Å². The summed E-state index contributed by atoms with van der Waals surface area (Å²) in [6, 6.07) is -2.02. The molecule has 6 nitrogen and oxygen atoms in total. The van der Waals surface area contributed by atoms with Crippen LogP contribution in [0.1, 0.15) is 57.0 Å².